The minimum Gasteiger partial charge on any atom is -0.481 e. The first-order valence-corrected chi connectivity index (χ1v) is 5.35. The molecule has 4 N–H and O–H groups in total. The van der Waals surface area contributed by atoms with E-state index in [2.05, 4.69) is 20.8 Å². The van der Waals surface area contributed by atoms with Gasteiger partial charge in [-0.15, -0.1) is 0 Å². The van der Waals surface area contributed by atoms with Gasteiger partial charge in [0.25, 0.3) is 0 Å². The molecule has 1 unspecified atom stereocenters. The summed E-state index contributed by atoms with van der Waals surface area (Å²) in [5.41, 5.74) is 0.853. The van der Waals surface area contributed by atoms with Gasteiger partial charge in [-0.2, -0.15) is 5.10 Å². The number of aliphatic carboxylic acids is 1. The molecule has 0 saturated heterocycles. The summed E-state index contributed by atoms with van der Waals surface area (Å²) < 4.78 is 0. The van der Waals surface area contributed by atoms with E-state index in [0.29, 0.717) is 13.0 Å². The third-order valence-corrected chi connectivity index (χ3v) is 2.26. The molecule has 1 aromatic heterocycles. The van der Waals surface area contributed by atoms with Crippen LogP contribution in [0.5, 0.6) is 0 Å². The third kappa shape index (κ3) is 5.01. The lowest BCUT2D eigenvalue weighted by atomic mass is 10.1. The number of hydrogen-bond donors (Lipinski definition) is 4. The normalized spacial score (nSPS) is 11.8. The molecule has 17 heavy (non-hydrogen) atoms. The molecule has 94 valence electrons. The van der Waals surface area contributed by atoms with Crippen LogP contribution in [0.2, 0.25) is 0 Å². The molecular weight excluding hydrogens is 224 g/mol. The zero-order valence-electron chi connectivity index (χ0n) is 9.56. The highest BCUT2D eigenvalue weighted by molar-refractivity contribution is 5.75. The lowest BCUT2D eigenvalue weighted by molar-refractivity contribution is -0.137. The Bertz CT molecular complexity index is 364. The Morgan fingerprint density at radius 1 is 1.59 bits per heavy atom. The smallest absolute Gasteiger partial charge is 0.315 e. The van der Waals surface area contributed by atoms with E-state index in [1.165, 1.54) is 0 Å². The van der Waals surface area contributed by atoms with Crippen molar-refractivity contribution in [3.63, 3.8) is 0 Å². The highest BCUT2D eigenvalue weighted by Crippen LogP contribution is 1.97. The quantitative estimate of drug-likeness (QED) is 0.579. The summed E-state index contributed by atoms with van der Waals surface area (Å²) in [6.07, 6.45) is 3.78. The minimum atomic E-state index is -0.924. The van der Waals surface area contributed by atoms with Crippen LogP contribution < -0.4 is 10.6 Å². The number of rotatable bonds is 6. The maximum atomic E-state index is 11.4. The summed E-state index contributed by atoms with van der Waals surface area (Å²) in [5.74, 6) is -0.924. The van der Waals surface area contributed by atoms with Crippen molar-refractivity contribution in [1.29, 1.82) is 0 Å². The van der Waals surface area contributed by atoms with Gasteiger partial charge >= 0.3 is 12.0 Å². The van der Waals surface area contributed by atoms with Gasteiger partial charge < -0.3 is 15.7 Å². The van der Waals surface area contributed by atoms with E-state index in [-0.39, 0.29) is 18.5 Å². The number of carboxylic acid groups (broad SMARTS) is 1. The van der Waals surface area contributed by atoms with Crippen LogP contribution in [0.1, 0.15) is 25.3 Å². The molecule has 2 amide bonds. The van der Waals surface area contributed by atoms with E-state index in [1.54, 1.807) is 12.4 Å². The molecule has 0 aliphatic rings. The van der Waals surface area contributed by atoms with Gasteiger partial charge in [0.15, 0.2) is 0 Å². The van der Waals surface area contributed by atoms with E-state index in [0.717, 1.165) is 5.56 Å². The molecule has 7 heteroatoms. The fourth-order valence-corrected chi connectivity index (χ4v) is 1.30. The van der Waals surface area contributed by atoms with Crippen molar-refractivity contribution < 1.29 is 14.7 Å². The molecule has 1 rings (SSSR count). The summed E-state index contributed by atoms with van der Waals surface area (Å²) in [4.78, 5) is 22.0. The van der Waals surface area contributed by atoms with E-state index in [1.807, 2.05) is 6.92 Å². The van der Waals surface area contributed by atoms with Gasteiger partial charge in [0.2, 0.25) is 0 Å². The van der Waals surface area contributed by atoms with Crippen LogP contribution in [0.15, 0.2) is 12.4 Å². The number of urea groups is 1. The van der Waals surface area contributed by atoms with Crippen LogP contribution in [0.25, 0.3) is 0 Å². The van der Waals surface area contributed by atoms with Crippen molar-refractivity contribution in [1.82, 2.24) is 20.8 Å². The van der Waals surface area contributed by atoms with E-state index >= 15 is 0 Å². The summed E-state index contributed by atoms with van der Waals surface area (Å²) in [6, 6.07) is -0.726. The van der Waals surface area contributed by atoms with Gasteiger partial charge in [-0.1, -0.05) is 6.92 Å². The number of nitrogens with zero attached hydrogens (tertiary/aromatic N) is 1. The predicted octanol–water partition coefficient (Wildman–Crippen LogP) is 0.462. The monoisotopic (exact) mass is 240 g/mol. The minimum absolute atomic E-state index is 0.0738. The lowest BCUT2D eigenvalue weighted by Gasteiger charge is -2.15. The van der Waals surface area contributed by atoms with Gasteiger partial charge in [-0.25, -0.2) is 4.79 Å². The van der Waals surface area contributed by atoms with Gasteiger partial charge in [0.05, 0.1) is 12.6 Å². The van der Waals surface area contributed by atoms with Gasteiger partial charge in [-0.3, -0.25) is 9.89 Å². The highest BCUT2D eigenvalue weighted by atomic mass is 16.4. The predicted molar refractivity (Wildman–Crippen MR) is 60.3 cm³/mol. The first-order valence-electron chi connectivity index (χ1n) is 5.35. The number of hydrogen-bond acceptors (Lipinski definition) is 3. The van der Waals surface area contributed by atoms with Crippen LogP contribution in [-0.4, -0.2) is 33.3 Å². The second kappa shape index (κ2) is 6.51. The lowest BCUT2D eigenvalue weighted by Crippen LogP contribution is -2.42. The molecule has 1 atom stereocenters. The Balaban J connectivity index is 2.30. The molecule has 0 aliphatic heterocycles. The number of amides is 2. The Kier molecular flexibility index (Phi) is 4.99. The largest absolute Gasteiger partial charge is 0.481 e. The molecule has 1 heterocycles. The molecule has 1 aromatic rings. The number of carbonyl (C=O) groups is 2. The molecule has 0 saturated carbocycles. The number of aromatic amines is 1. The Labute approximate surface area is 98.6 Å². The van der Waals surface area contributed by atoms with E-state index < -0.39 is 5.97 Å². The summed E-state index contributed by atoms with van der Waals surface area (Å²) in [5, 5.41) is 20.2. The Morgan fingerprint density at radius 3 is 2.88 bits per heavy atom. The van der Waals surface area contributed by atoms with Crippen LogP contribution in [0, 0.1) is 0 Å². The standard InChI is InChI=1S/C10H16N4O3/c1-2-8(3-9(15)16)14-10(17)11-4-7-5-12-13-6-7/h5-6,8H,2-4H2,1H3,(H,12,13)(H,15,16)(H2,11,14,17). The van der Waals surface area contributed by atoms with E-state index in [4.69, 9.17) is 5.11 Å². The Morgan fingerprint density at radius 2 is 2.35 bits per heavy atom. The Hall–Kier alpha value is -2.05. The summed E-state index contributed by atoms with van der Waals surface area (Å²) >= 11 is 0. The molecule has 0 aliphatic carbocycles. The van der Waals surface area contributed by atoms with Crippen molar-refractivity contribution in [3.05, 3.63) is 18.0 Å². The van der Waals surface area contributed by atoms with E-state index in [9.17, 15) is 9.59 Å². The average molecular weight is 240 g/mol. The fourth-order valence-electron chi connectivity index (χ4n) is 1.30. The van der Waals surface area contributed by atoms with Gasteiger partial charge in [-0.05, 0) is 6.42 Å². The topological polar surface area (TPSA) is 107 Å². The van der Waals surface area contributed by atoms with Crippen molar-refractivity contribution >= 4 is 12.0 Å². The maximum absolute atomic E-state index is 11.4. The summed E-state index contributed by atoms with van der Waals surface area (Å²) in [7, 11) is 0. The van der Waals surface area contributed by atoms with Crippen molar-refractivity contribution in [2.45, 2.75) is 32.4 Å². The zero-order valence-corrected chi connectivity index (χ0v) is 9.56. The molecular formula is C10H16N4O3. The molecule has 0 bridgehead atoms. The van der Waals surface area contributed by atoms with Crippen LogP contribution in [0.4, 0.5) is 4.79 Å². The first-order chi connectivity index (χ1) is 8.11. The van der Waals surface area contributed by atoms with Crippen molar-refractivity contribution in [2.75, 3.05) is 0 Å². The molecule has 0 fully saturated rings. The zero-order chi connectivity index (χ0) is 12.7. The SMILES string of the molecule is CCC(CC(=O)O)NC(=O)NCc1cn[nH]c1. The molecule has 0 aromatic carbocycles. The van der Waals surface area contributed by atoms with Gasteiger partial charge in [0, 0.05) is 24.3 Å². The number of carboxylic acids is 1. The summed E-state index contributed by atoms with van der Waals surface area (Å²) in [6.45, 7) is 2.18. The molecule has 0 radical (unpaired) electrons. The number of aromatic nitrogens is 2. The molecule has 0 spiro atoms. The van der Waals surface area contributed by atoms with Gasteiger partial charge in [0.1, 0.15) is 0 Å². The highest BCUT2D eigenvalue weighted by Gasteiger charge is 2.13. The van der Waals surface area contributed by atoms with Crippen molar-refractivity contribution in [3.8, 4) is 0 Å². The maximum Gasteiger partial charge on any atom is 0.315 e. The second-order valence-corrected chi connectivity index (χ2v) is 3.64. The first kappa shape index (κ1) is 13.0. The van der Waals surface area contributed by atoms with Crippen LogP contribution >= 0.6 is 0 Å². The number of H-pyrrole nitrogens is 1. The number of nitrogens with one attached hydrogen (secondary N) is 3. The number of carbonyl (C=O) groups excluding carboxylic acids is 1. The molecule has 7 nitrogen and oxygen atoms in total. The van der Waals surface area contributed by atoms with Crippen LogP contribution in [-0.2, 0) is 11.3 Å². The third-order valence-electron chi connectivity index (χ3n) is 2.26. The van der Waals surface area contributed by atoms with Crippen LogP contribution in [0.3, 0.4) is 0 Å². The van der Waals surface area contributed by atoms with Crippen molar-refractivity contribution in [2.24, 2.45) is 0 Å². The fraction of sp³-hybridized carbons (Fsp3) is 0.500. The second-order valence-electron chi connectivity index (χ2n) is 3.64. The average Bonchev–Trinajstić information content (AvgIpc) is 2.77.